The quantitative estimate of drug-likeness (QED) is 0.742. The minimum Gasteiger partial charge on any atom is -0.396 e. The molecule has 0 bridgehead atoms. The maximum atomic E-state index is 10.3. The molecule has 3 nitrogen and oxygen atoms in total. The van der Waals surface area contributed by atoms with Gasteiger partial charge in [-0.25, -0.2) is 0 Å². The molecule has 0 radical (unpaired) electrons. The van der Waals surface area contributed by atoms with E-state index in [4.69, 9.17) is 5.11 Å². The van der Waals surface area contributed by atoms with Crippen molar-refractivity contribution in [1.82, 2.24) is 4.90 Å². The van der Waals surface area contributed by atoms with Crippen molar-refractivity contribution in [2.75, 3.05) is 19.7 Å². The van der Waals surface area contributed by atoms with Crippen LogP contribution in [-0.4, -0.2) is 40.9 Å². The first-order valence-electron chi connectivity index (χ1n) is 7.39. The van der Waals surface area contributed by atoms with E-state index in [9.17, 15) is 5.11 Å². The lowest BCUT2D eigenvalue weighted by molar-refractivity contribution is 0.119. The Morgan fingerprint density at radius 2 is 2.00 bits per heavy atom. The van der Waals surface area contributed by atoms with Gasteiger partial charge in [-0.05, 0) is 50.8 Å². The van der Waals surface area contributed by atoms with Crippen LogP contribution in [0.3, 0.4) is 0 Å². The number of hydrogen-bond donors (Lipinski definition) is 2. The third kappa shape index (κ3) is 4.30. The number of nitrogens with zero attached hydrogens (tertiary/aromatic N) is 1. The molecule has 1 aliphatic rings. The molecule has 1 saturated heterocycles. The van der Waals surface area contributed by atoms with Crippen LogP contribution in [0.4, 0.5) is 0 Å². The van der Waals surface area contributed by atoms with Crippen LogP contribution in [0.25, 0.3) is 0 Å². The summed E-state index contributed by atoms with van der Waals surface area (Å²) in [4.78, 5) is 2.47. The molecule has 2 atom stereocenters. The number of aliphatic hydroxyl groups is 2. The summed E-state index contributed by atoms with van der Waals surface area (Å²) in [5, 5.41) is 19.1. The van der Waals surface area contributed by atoms with E-state index in [1.165, 1.54) is 12.8 Å². The van der Waals surface area contributed by atoms with Crippen LogP contribution >= 0.6 is 0 Å². The lowest BCUT2D eigenvalue weighted by Gasteiger charge is -2.26. The molecule has 2 unspecified atom stereocenters. The Morgan fingerprint density at radius 3 is 2.74 bits per heavy atom. The number of hydrogen-bond acceptors (Lipinski definition) is 3. The summed E-state index contributed by atoms with van der Waals surface area (Å²) in [6, 6.07) is 10.4. The largest absolute Gasteiger partial charge is 0.396 e. The van der Waals surface area contributed by atoms with Gasteiger partial charge >= 0.3 is 0 Å². The zero-order valence-corrected chi connectivity index (χ0v) is 11.5. The highest BCUT2D eigenvalue weighted by Gasteiger charge is 2.26. The fraction of sp³-hybridized carbons (Fsp3) is 0.625. The molecule has 0 saturated carbocycles. The third-order valence-corrected chi connectivity index (χ3v) is 4.03. The van der Waals surface area contributed by atoms with Crippen molar-refractivity contribution in [2.45, 2.75) is 44.2 Å². The number of likely N-dealkylation sites (tertiary alicyclic amines) is 1. The van der Waals surface area contributed by atoms with Crippen molar-refractivity contribution in [3.05, 3.63) is 35.9 Å². The Hall–Kier alpha value is -0.900. The van der Waals surface area contributed by atoms with E-state index in [0.717, 1.165) is 37.9 Å². The normalized spacial score (nSPS) is 21.7. The number of rotatable bonds is 7. The second kappa shape index (κ2) is 7.63. The van der Waals surface area contributed by atoms with E-state index >= 15 is 0 Å². The van der Waals surface area contributed by atoms with Gasteiger partial charge in [0.25, 0.3) is 0 Å². The molecule has 1 aromatic rings. The molecule has 2 rings (SSSR count). The Balaban J connectivity index is 1.83. The predicted octanol–water partition coefficient (Wildman–Crippen LogP) is 2.35. The summed E-state index contributed by atoms with van der Waals surface area (Å²) < 4.78 is 0. The van der Waals surface area contributed by atoms with Crippen LogP contribution in [0.1, 0.15) is 43.8 Å². The monoisotopic (exact) mass is 263 g/mol. The second-order valence-electron chi connectivity index (χ2n) is 5.42. The van der Waals surface area contributed by atoms with Crippen molar-refractivity contribution in [2.24, 2.45) is 0 Å². The third-order valence-electron chi connectivity index (χ3n) is 4.03. The molecular weight excluding hydrogens is 238 g/mol. The zero-order chi connectivity index (χ0) is 13.5. The van der Waals surface area contributed by atoms with Crippen molar-refractivity contribution < 1.29 is 10.2 Å². The maximum absolute atomic E-state index is 10.3. The van der Waals surface area contributed by atoms with Crippen LogP contribution in [-0.2, 0) is 0 Å². The highest BCUT2D eigenvalue weighted by molar-refractivity contribution is 5.17. The van der Waals surface area contributed by atoms with E-state index in [1.54, 1.807) is 0 Å². The fourth-order valence-electron chi connectivity index (χ4n) is 2.95. The summed E-state index contributed by atoms with van der Waals surface area (Å²) in [7, 11) is 0. The van der Waals surface area contributed by atoms with E-state index in [1.807, 2.05) is 30.3 Å². The van der Waals surface area contributed by atoms with Gasteiger partial charge in [-0.1, -0.05) is 30.3 Å². The summed E-state index contributed by atoms with van der Waals surface area (Å²) in [5.41, 5.74) is 1.02. The lowest BCUT2D eigenvalue weighted by atomic mass is 10.0. The van der Waals surface area contributed by atoms with Gasteiger partial charge in [0.15, 0.2) is 0 Å². The van der Waals surface area contributed by atoms with Crippen LogP contribution in [0.5, 0.6) is 0 Å². The number of unbranched alkanes of at least 4 members (excludes halogenated alkanes) is 1. The maximum Gasteiger partial charge on any atom is 0.0805 e. The van der Waals surface area contributed by atoms with Gasteiger partial charge in [0.1, 0.15) is 0 Å². The molecule has 1 heterocycles. The molecule has 1 fully saturated rings. The van der Waals surface area contributed by atoms with Crippen molar-refractivity contribution in [3.63, 3.8) is 0 Å². The highest BCUT2D eigenvalue weighted by Crippen LogP contribution is 2.27. The van der Waals surface area contributed by atoms with Gasteiger partial charge in [0.05, 0.1) is 6.10 Å². The molecule has 106 valence electrons. The summed E-state index contributed by atoms with van der Waals surface area (Å²) in [6.07, 6.45) is 4.81. The van der Waals surface area contributed by atoms with Gasteiger partial charge in [-0.15, -0.1) is 0 Å². The lowest BCUT2D eigenvalue weighted by Crippen LogP contribution is -2.31. The van der Waals surface area contributed by atoms with E-state index in [-0.39, 0.29) is 12.7 Å². The molecule has 1 aliphatic heterocycles. The van der Waals surface area contributed by atoms with E-state index in [2.05, 4.69) is 4.90 Å². The smallest absolute Gasteiger partial charge is 0.0805 e. The van der Waals surface area contributed by atoms with Gasteiger partial charge in [0, 0.05) is 12.6 Å². The van der Waals surface area contributed by atoms with Gasteiger partial charge in [-0.2, -0.15) is 0 Å². The Bertz CT molecular complexity index is 355. The van der Waals surface area contributed by atoms with Crippen LogP contribution in [0.15, 0.2) is 30.3 Å². The Kier molecular flexibility index (Phi) is 5.83. The molecule has 2 N–H and O–H groups in total. The fourth-order valence-corrected chi connectivity index (χ4v) is 2.95. The standard InChI is InChI=1S/C16H25NO2/c18-12-5-4-10-17-11-6-9-15(17)13-16(19)14-7-2-1-3-8-14/h1-3,7-8,15-16,18-19H,4-6,9-13H2. The minimum atomic E-state index is -0.357. The molecule has 0 aromatic heterocycles. The van der Waals surface area contributed by atoms with E-state index in [0.29, 0.717) is 6.04 Å². The first-order valence-corrected chi connectivity index (χ1v) is 7.39. The Labute approximate surface area is 115 Å². The first-order chi connectivity index (χ1) is 9.31. The van der Waals surface area contributed by atoms with Crippen molar-refractivity contribution in [1.29, 1.82) is 0 Å². The van der Waals surface area contributed by atoms with Crippen LogP contribution in [0, 0.1) is 0 Å². The van der Waals surface area contributed by atoms with Gasteiger partial charge in [0.2, 0.25) is 0 Å². The molecule has 0 aliphatic carbocycles. The summed E-state index contributed by atoms with van der Waals surface area (Å²) >= 11 is 0. The highest BCUT2D eigenvalue weighted by atomic mass is 16.3. The zero-order valence-electron chi connectivity index (χ0n) is 11.5. The average Bonchev–Trinajstić information content (AvgIpc) is 2.87. The topological polar surface area (TPSA) is 43.7 Å². The number of benzene rings is 1. The summed E-state index contributed by atoms with van der Waals surface area (Å²) in [5.74, 6) is 0. The summed E-state index contributed by atoms with van der Waals surface area (Å²) in [6.45, 7) is 2.47. The Morgan fingerprint density at radius 1 is 1.21 bits per heavy atom. The molecule has 19 heavy (non-hydrogen) atoms. The molecule has 1 aromatic carbocycles. The molecule has 0 amide bonds. The first kappa shape index (κ1) is 14.5. The van der Waals surface area contributed by atoms with E-state index < -0.39 is 0 Å². The SMILES string of the molecule is OCCCCN1CCCC1CC(O)c1ccccc1. The number of aliphatic hydroxyl groups excluding tert-OH is 2. The molecular formula is C16H25NO2. The average molecular weight is 263 g/mol. The second-order valence-corrected chi connectivity index (χ2v) is 5.42. The predicted molar refractivity (Wildman–Crippen MR) is 76.9 cm³/mol. The van der Waals surface area contributed by atoms with Crippen LogP contribution in [0.2, 0.25) is 0 Å². The molecule has 0 spiro atoms. The van der Waals surface area contributed by atoms with Crippen LogP contribution < -0.4 is 0 Å². The molecule has 3 heteroatoms. The van der Waals surface area contributed by atoms with Crippen molar-refractivity contribution >= 4 is 0 Å². The van der Waals surface area contributed by atoms with Gasteiger partial charge < -0.3 is 15.1 Å². The minimum absolute atomic E-state index is 0.283. The van der Waals surface area contributed by atoms with Gasteiger partial charge in [-0.3, -0.25) is 0 Å². The van der Waals surface area contributed by atoms with Crippen molar-refractivity contribution in [3.8, 4) is 0 Å².